The Kier molecular flexibility index (Phi) is 6.09. The van der Waals surface area contributed by atoms with E-state index in [4.69, 9.17) is 0 Å². The van der Waals surface area contributed by atoms with Crippen molar-refractivity contribution in [1.82, 2.24) is 14.9 Å². The SMILES string of the molecule is C[C@H](NC(=O)c1ccc2c(c1)c1c(c(=O)n2-c2ccc(C(F)(F)F)cc2)C[S+]([O-])C1)c1ccccn1. The maximum Gasteiger partial charge on any atom is 0.416 e. The molecule has 1 aliphatic heterocycles. The fraction of sp³-hybridized carbons (Fsp3) is 0.192. The van der Waals surface area contributed by atoms with Crippen molar-refractivity contribution in [2.75, 3.05) is 0 Å². The molecule has 0 radical (unpaired) electrons. The molecule has 1 N–H and O–H groups in total. The topological polar surface area (TPSA) is 87.0 Å². The molecule has 10 heteroatoms. The van der Waals surface area contributed by atoms with Gasteiger partial charge in [0.05, 0.1) is 28.4 Å². The molecule has 0 aliphatic carbocycles. The van der Waals surface area contributed by atoms with E-state index in [1.165, 1.54) is 16.7 Å². The number of carbonyl (C=O) groups is 1. The summed E-state index contributed by atoms with van der Waals surface area (Å²) >= 11 is -1.29. The lowest BCUT2D eigenvalue weighted by Crippen LogP contribution is -2.27. The molecule has 0 saturated heterocycles. The monoisotopic (exact) mass is 511 g/mol. The molecule has 0 spiro atoms. The highest BCUT2D eigenvalue weighted by atomic mass is 32.2. The van der Waals surface area contributed by atoms with E-state index in [1.807, 2.05) is 13.0 Å². The van der Waals surface area contributed by atoms with Crippen molar-refractivity contribution in [1.29, 1.82) is 0 Å². The highest BCUT2D eigenvalue weighted by Gasteiger charge is 2.32. The van der Waals surface area contributed by atoms with Crippen LogP contribution < -0.4 is 10.9 Å². The minimum absolute atomic E-state index is 0.0534. The van der Waals surface area contributed by atoms with Crippen LogP contribution >= 0.6 is 0 Å². The van der Waals surface area contributed by atoms with Gasteiger partial charge in [0, 0.05) is 28.4 Å². The summed E-state index contributed by atoms with van der Waals surface area (Å²) in [5, 5.41) is 3.46. The second kappa shape index (κ2) is 9.11. The van der Waals surface area contributed by atoms with Gasteiger partial charge in [-0.2, -0.15) is 13.2 Å². The number of fused-ring (bicyclic) bond motifs is 3. The van der Waals surface area contributed by atoms with Gasteiger partial charge in [0.15, 0.2) is 0 Å². The van der Waals surface area contributed by atoms with Gasteiger partial charge >= 0.3 is 6.18 Å². The maximum absolute atomic E-state index is 13.3. The molecule has 0 fully saturated rings. The second-order valence-corrected chi connectivity index (χ2v) is 10.0. The zero-order valence-corrected chi connectivity index (χ0v) is 19.8. The van der Waals surface area contributed by atoms with E-state index in [-0.39, 0.29) is 29.1 Å². The summed E-state index contributed by atoms with van der Waals surface area (Å²) in [5.41, 5.74) is 1.40. The first-order valence-electron chi connectivity index (χ1n) is 11.1. The molecule has 4 aromatic rings. The molecular formula is C26H20F3N3O3S. The largest absolute Gasteiger partial charge is 0.616 e. The predicted molar refractivity (Wildman–Crippen MR) is 130 cm³/mol. The Hall–Kier alpha value is -3.63. The smallest absolute Gasteiger partial charge is 0.416 e. The van der Waals surface area contributed by atoms with Crippen molar-refractivity contribution < 1.29 is 22.5 Å². The molecule has 5 rings (SSSR count). The molecular weight excluding hydrogens is 491 g/mol. The van der Waals surface area contributed by atoms with Crippen LogP contribution in [0.5, 0.6) is 0 Å². The summed E-state index contributed by atoms with van der Waals surface area (Å²) in [6, 6.07) is 14.1. The molecule has 0 saturated carbocycles. The van der Waals surface area contributed by atoms with Crippen molar-refractivity contribution in [2.45, 2.75) is 30.6 Å². The molecule has 2 aromatic heterocycles. The van der Waals surface area contributed by atoms with Crippen LogP contribution in [0.2, 0.25) is 0 Å². The van der Waals surface area contributed by atoms with E-state index in [1.54, 1.807) is 36.5 Å². The molecule has 1 unspecified atom stereocenters. The summed E-state index contributed by atoms with van der Waals surface area (Å²) in [7, 11) is 0. The van der Waals surface area contributed by atoms with Gasteiger partial charge in [-0.15, -0.1) is 0 Å². The Morgan fingerprint density at radius 1 is 1.08 bits per heavy atom. The maximum atomic E-state index is 13.3. The van der Waals surface area contributed by atoms with Gasteiger partial charge < -0.3 is 9.87 Å². The number of carbonyl (C=O) groups excluding carboxylic acids is 1. The van der Waals surface area contributed by atoms with Crippen LogP contribution in [0.1, 0.15) is 45.7 Å². The Morgan fingerprint density at radius 2 is 1.81 bits per heavy atom. The zero-order chi connectivity index (χ0) is 25.6. The van der Waals surface area contributed by atoms with E-state index >= 15 is 0 Å². The Morgan fingerprint density at radius 3 is 2.47 bits per heavy atom. The van der Waals surface area contributed by atoms with Crippen LogP contribution in [0.15, 0.2) is 71.7 Å². The number of alkyl halides is 3. The zero-order valence-electron chi connectivity index (χ0n) is 19.0. The number of pyridine rings is 2. The van der Waals surface area contributed by atoms with Gasteiger partial charge in [-0.25, -0.2) is 0 Å². The van der Waals surface area contributed by atoms with Crippen molar-refractivity contribution >= 4 is 28.0 Å². The lowest BCUT2D eigenvalue weighted by molar-refractivity contribution is -0.137. The van der Waals surface area contributed by atoms with Crippen LogP contribution in [0.25, 0.3) is 16.6 Å². The average Bonchev–Trinajstić information content (AvgIpc) is 3.26. The number of nitrogens with one attached hydrogen (secondary N) is 1. The minimum atomic E-state index is -4.50. The van der Waals surface area contributed by atoms with E-state index in [0.29, 0.717) is 33.3 Å². The van der Waals surface area contributed by atoms with Gasteiger partial charge in [-0.1, -0.05) is 6.07 Å². The first-order valence-corrected chi connectivity index (χ1v) is 12.6. The predicted octanol–water partition coefficient (Wildman–Crippen LogP) is 4.66. The number of hydrogen-bond acceptors (Lipinski definition) is 4. The van der Waals surface area contributed by atoms with E-state index in [9.17, 15) is 27.3 Å². The number of aromatic nitrogens is 2. The van der Waals surface area contributed by atoms with Crippen LogP contribution in [-0.2, 0) is 28.9 Å². The number of rotatable bonds is 4. The van der Waals surface area contributed by atoms with Gasteiger partial charge in [0.2, 0.25) is 0 Å². The third-order valence-corrected chi connectivity index (χ3v) is 7.41. The van der Waals surface area contributed by atoms with Gasteiger partial charge in [-0.05, 0) is 72.7 Å². The van der Waals surface area contributed by atoms with Crippen molar-refractivity contribution in [2.24, 2.45) is 0 Å². The minimum Gasteiger partial charge on any atom is -0.616 e. The lowest BCUT2D eigenvalue weighted by atomic mass is 10.0. The molecule has 1 aliphatic rings. The first kappa shape index (κ1) is 24.1. The normalized spacial score (nSPS) is 16.1. The van der Waals surface area contributed by atoms with E-state index in [0.717, 1.165) is 12.1 Å². The van der Waals surface area contributed by atoms with Crippen LogP contribution in [0.3, 0.4) is 0 Å². The molecule has 2 aromatic carbocycles. The van der Waals surface area contributed by atoms with Crippen molar-refractivity contribution in [3.63, 3.8) is 0 Å². The molecule has 2 atom stereocenters. The fourth-order valence-electron chi connectivity index (χ4n) is 4.38. The Bertz CT molecular complexity index is 1520. The lowest BCUT2D eigenvalue weighted by Gasteiger charge is -2.16. The highest BCUT2D eigenvalue weighted by molar-refractivity contribution is 7.90. The molecule has 0 bridgehead atoms. The first-order chi connectivity index (χ1) is 17.1. The second-order valence-electron chi connectivity index (χ2n) is 8.55. The highest BCUT2D eigenvalue weighted by Crippen LogP contribution is 2.33. The standard InChI is InChI=1S/C26H20F3N3O3S/c1-15(22-4-2-3-11-30-22)31-24(33)16-5-10-23-19(12-16)20-13-36(35)14-21(20)25(34)32(23)18-8-6-17(7-9-18)26(27,28)29/h2-12,15H,13-14H2,1H3,(H,31,33)/t15-,36?/m0/s1. The van der Waals surface area contributed by atoms with Crippen molar-refractivity contribution in [3.05, 3.63) is 105 Å². The quantitative estimate of drug-likeness (QED) is 0.404. The van der Waals surface area contributed by atoms with Crippen LogP contribution in [-0.4, -0.2) is 20.0 Å². The van der Waals surface area contributed by atoms with Crippen molar-refractivity contribution in [3.8, 4) is 5.69 Å². The number of hydrogen-bond donors (Lipinski definition) is 1. The summed E-state index contributed by atoms with van der Waals surface area (Å²) < 4.78 is 52.8. The average molecular weight is 512 g/mol. The van der Waals surface area contributed by atoms with Crippen LogP contribution in [0, 0.1) is 0 Å². The summed E-state index contributed by atoms with van der Waals surface area (Å²) in [4.78, 5) is 30.6. The number of benzene rings is 2. The summed E-state index contributed by atoms with van der Waals surface area (Å²) in [6.07, 6.45) is -2.87. The third-order valence-electron chi connectivity index (χ3n) is 6.19. The van der Waals surface area contributed by atoms with Gasteiger partial charge in [0.25, 0.3) is 11.5 Å². The molecule has 6 nitrogen and oxygen atoms in total. The molecule has 3 heterocycles. The fourth-order valence-corrected chi connectivity index (χ4v) is 5.75. The van der Waals surface area contributed by atoms with Gasteiger partial charge in [0.1, 0.15) is 11.5 Å². The summed E-state index contributed by atoms with van der Waals surface area (Å²) in [6.45, 7) is 1.81. The third kappa shape index (κ3) is 4.38. The number of nitrogens with zero attached hydrogens (tertiary/aromatic N) is 2. The van der Waals surface area contributed by atoms with E-state index < -0.39 is 28.5 Å². The molecule has 36 heavy (non-hydrogen) atoms. The number of amides is 1. The van der Waals surface area contributed by atoms with Gasteiger partial charge in [-0.3, -0.25) is 19.1 Å². The Balaban J connectivity index is 1.60. The number of halogens is 3. The van der Waals surface area contributed by atoms with E-state index in [2.05, 4.69) is 10.3 Å². The molecule has 184 valence electrons. The molecule has 1 amide bonds. The van der Waals surface area contributed by atoms with Crippen LogP contribution in [0.4, 0.5) is 13.2 Å². The Labute approximate surface area is 207 Å². The summed E-state index contributed by atoms with van der Waals surface area (Å²) in [5.74, 6) is -0.127.